The summed E-state index contributed by atoms with van der Waals surface area (Å²) in [4.78, 5) is 24.3. The van der Waals surface area contributed by atoms with E-state index in [1.807, 2.05) is 26.0 Å². The van der Waals surface area contributed by atoms with E-state index in [9.17, 15) is 9.59 Å². The van der Waals surface area contributed by atoms with E-state index in [0.29, 0.717) is 16.3 Å². The molecule has 2 aromatic carbocycles. The summed E-state index contributed by atoms with van der Waals surface area (Å²) in [6.45, 7) is 5.26. The van der Waals surface area contributed by atoms with E-state index >= 15 is 0 Å². The van der Waals surface area contributed by atoms with Crippen molar-refractivity contribution in [1.82, 2.24) is 0 Å². The van der Waals surface area contributed by atoms with Gasteiger partial charge in [-0.05, 0) is 56.7 Å². The molecule has 0 aliphatic carbocycles. The molecule has 0 fully saturated rings. The number of ether oxygens (including phenoxy) is 1. The highest BCUT2D eigenvalue weighted by Crippen LogP contribution is 2.15. The van der Waals surface area contributed by atoms with Crippen molar-refractivity contribution in [2.45, 2.75) is 26.9 Å². The van der Waals surface area contributed by atoms with Gasteiger partial charge in [0.1, 0.15) is 0 Å². The largest absolute Gasteiger partial charge is 0.449 e. The highest BCUT2D eigenvalue weighted by molar-refractivity contribution is 6.30. The quantitative estimate of drug-likeness (QED) is 0.857. The number of rotatable bonds is 4. The van der Waals surface area contributed by atoms with Crippen molar-refractivity contribution in [2.24, 2.45) is 0 Å². The average molecular weight is 332 g/mol. The minimum Gasteiger partial charge on any atom is -0.449 e. The maximum Gasteiger partial charge on any atom is 0.339 e. The summed E-state index contributed by atoms with van der Waals surface area (Å²) in [5, 5.41) is 3.26. The van der Waals surface area contributed by atoms with Crippen molar-refractivity contribution in [3.05, 3.63) is 64.2 Å². The van der Waals surface area contributed by atoms with Crippen LogP contribution in [0.25, 0.3) is 0 Å². The van der Waals surface area contributed by atoms with Crippen LogP contribution in [0.15, 0.2) is 42.5 Å². The van der Waals surface area contributed by atoms with Gasteiger partial charge in [0, 0.05) is 10.7 Å². The predicted molar refractivity (Wildman–Crippen MR) is 90.9 cm³/mol. The van der Waals surface area contributed by atoms with E-state index in [0.717, 1.165) is 11.1 Å². The van der Waals surface area contributed by atoms with Gasteiger partial charge in [-0.15, -0.1) is 0 Å². The van der Waals surface area contributed by atoms with Gasteiger partial charge in [0.25, 0.3) is 5.91 Å². The Balaban J connectivity index is 2.01. The number of aryl methyl sites for hydroxylation is 2. The molecule has 0 spiro atoms. The molecule has 120 valence electrons. The highest BCUT2D eigenvalue weighted by atomic mass is 35.5. The summed E-state index contributed by atoms with van der Waals surface area (Å²) in [6.07, 6.45) is -0.905. The molecule has 2 rings (SSSR count). The fraction of sp³-hybridized carbons (Fsp3) is 0.222. The lowest BCUT2D eigenvalue weighted by Crippen LogP contribution is -2.30. The first kappa shape index (κ1) is 17.0. The van der Waals surface area contributed by atoms with Crippen LogP contribution in [0.4, 0.5) is 5.69 Å². The summed E-state index contributed by atoms with van der Waals surface area (Å²) in [5.41, 5.74) is 2.83. The summed E-state index contributed by atoms with van der Waals surface area (Å²) >= 11 is 5.79. The van der Waals surface area contributed by atoms with Crippen LogP contribution in [0.3, 0.4) is 0 Å². The average Bonchev–Trinajstić information content (AvgIpc) is 2.51. The van der Waals surface area contributed by atoms with E-state index in [2.05, 4.69) is 5.32 Å². The van der Waals surface area contributed by atoms with E-state index in [1.54, 1.807) is 30.3 Å². The van der Waals surface area contributed by atoms with E-state index in [1.165, 1.54) is 6.92 Å². The molecular formula is C18H18ClNO3. The van der Waals surface area contributed by atoms with Crippen molar-refractivity contribution < 1.29 is 14.3 Å². The number of hydrogen-bond acceptors (Lipinski definition) is 3. The van der Waals surface area contributed by atoms with Crippen LogP contribution in [0, 0.1) is 13.8 Å². The Morgan fingerprint density at radius 2 is 1.74 bits per heavy atom. The lowest BCUT2D eigenvalue weighted by Gasteiger charge is -2.14. The van der Waals surface area contributed by atoms with Gasteiger partial charge in [0.2, 0.25) is 0 Å². The third-order valence-corrected chi connectivity index (χ3v) is 3.63. The van der Waals surface area contributed by atoms with Crippen molar-refractivity contribution in [1.29, 1.82) is 0 Å². The first-order chi connectivity index (χ1) is 10.9. The summed E-state index contributed by atoms with van der Waals surface area (Å²) in [7, 11) is 0. The second kappa shape index (κ2) is 7.29. The Kier molecular flexibility index (Phi) is 5.40. The van der Waals surface area contributed by atoms with Gasteiger partial charge in [0.05, 0.1) is 5.56 Å². The molecule has 1 N–H and O–H groups in total. The maximum absolute atomic E-state index is 12.2. The number of hydrogen-bond donors (Lipinski definition) is 1. The number of carbonyl (C=O) groups is 2. The molecule has 0 radical (unpaired) electrons. The molecule has 1 amide bonds. The zero-order valence-corrected chi connectivity index (χ0v) is 14.0. The molecule has 1 unspecified atom stereocenters. The molecule has 0 bridgehead atoms. The molecule has 0 saturated carbocycles. The number of anilines is 1. The predicted octanol–water partition coefficient (Wildman–Crippen LogP) is 4.14. The molecule has 0 heterocycles. The zero-order chi connectivity index (χ0) is 17.0. The Bertz CT molecular complexity index is 726. The van der Waals surface area contributed by atoms with Crippen molar-refractivity contribution in [3.63, 3.8) is 0 Å². The van der Waals surface area contributed by atoms with Crippen LogP contribution in [-0.4, -0.2) is 18.0 Å². The molecule has 0 aliphatic rings. The topological polar surface area (TPSA) is 55.4 Å². The Morgan fingerprint density at radius 1 is 1.09 bits per heavy atom. The fourth-order valence-electron chi connectivity index (χ4n) is 2.01. The van der Waals surface area contributed by atoms with Crippen LogP contribution in [0.1, 0.15) is 28.4 Å². The molecule has 1 atom stereocenters. The number of benzene rings is 2. The highest BCUT2D eigenvalue weighted by Gasteiger charge is 2.20. The molecule has 2 aromatic rings. The maximum atomic E-state index is 12.2. The second-order valence-electron chi connectivity index (χ2n) is 5.36. The standard InChI is InChI=1S/C18H18ClNO3/c1-11-4-5-12(2)16(10-11)18(22)23-13(3)17(21)20-15-8-6-14(19)7-9-15/h4-10,13H,1-3H3,(H,20,21). The minimum absolute atomic E-state index is 0.397. The van der Waals surface area contributed by atoms with Gasteiger partial charge >= 0.3 is 5.97 Å². The van der Waals surface area contributed by atoms with E-state index in [-0.39, 0.29) is 0 Å². The van der Waals surface area contributed by atoms with Crippen LogP contribution in [0.5, 0.6) is 0 Å². The molecule has 4 nitrogen and oxygen atoms in total. The monoisotopic (exact) mass is 331 g/mol. The third kappa shape index (κ3) is 4.57. The minimum atomic E-state index is -0.905. The van der Waals surface area contributed by atoms with Gasteiger partial charge in [0.15, 0.2) is 6.10 Å². The first-order valence-electron chi connectivity index (χ1n) is 7.21. The lowest BCUT2D eigenvalue weighted by molar-refractivity contribution is -0.123. The van der Waals surface area contributed by atoms with E-state index < -0.39 is 18.0 Å². The molecule has 5 heteroatoms. The van der Waals surface area contributed by atoms with Crippen LogP contribution in [-0.2, 0) is 9.53 Å². The van der Waals surface area contributed by atoms with Crippen LogP contribution >= 0.6 is 11.6 Å². The molecule has 0 aliphatic heterocycles. The summed E-state index contributed by atoms with van der Waals surface area (Å²) in [5.74, 6) is -0.907. The van der Waals surface area contributed by atoms with Crippen LogP contribution < -0.4 is 5.32 Å². The van der Waals surface area contributed by atoms with Gasteiger partial charge in [-0.3, -0.25) is 4.79 Å². The second-order valence-corrected chi connectivity index (χ2v) is 5.80. The van der Waals surface area contributed by atoms with E-state index in [4.69, 9.17) is 16.3 Å². The fourth-order valence-corrected chi connectivity index (χ4v) is 2.14. The Labute approximate surface area is 140 Å². The number of halogens is 1. The Morgan fingerprint density at radius 3 is 2.39 bits per heavy atom. The van der Waals surface area contributed by atoms with Gasteiger partial charge < -0.3 is 10.1 Å². The first-order valence-corrected chi connectivity index (χ1v) is 7.59. The summed E-state index contributed by atoms with van der Waals surface area (Å²) < 4.78 is 5.25. The van der Waals surface area contributed by atoms with Gasteiger partial charge in [-0.1, -0.05) is 29.3 Å². The zero-order valence-electron chi connectivity index (χ0n) is 13.2. The lowest BCUT2D eigenvalue weighted by atomic mass is 10.1. The summed E-state index contributed by atoms with van der Waals surface area (Å²) in [6, 6.07) is 12.2. The number of esters is 1. The van der Waals surface area contributed by atoms with Gasteiger partial charge in [-0.25, -0.2) is 4.79 Å². The molecular weight excluding hydrogens is 314 g/mol. The van der Waals surface area contributed by atoms with Gasteiger partial charge in [-0.2, -0.15) is 0 Å². The normalized spacial score (nSPS) is 11.7. The number of amides is 1. The molecule has 23 heavy (non-hydrogen) atoms. The Hall–Kier alpha value is -2.33. The number of nitrogens with one attached hydrogen (secondary N) is 1. The van der Waals surface area contributed by atoms with Crippen molar-refractivity contribution in [2.75, 3.05) is 5.32 Å². The van der Waals surface area contributed by atoms with Crippen molar-refractivity contribution >= 4 is 29.2 Å². The van der Waals surface area contributed by atoms with Crippen LogP contribution in [0.2, 0.25) is 5.02 Å². The third-order valence-electron chi connectivity index (χ3n) is 3.38. The molecule has 0 aromatic heterocycles. The van der Waals surface area contributed by atoms with Crippen molar-refractivity contribution in [3.8, 4) is 0 Å². The smallest absolute Gasteiger partial charge is 0.339 e. The SMILES string of the molecule is Cc1ccc(C)c(C(=O)OC(C)C(=O)Nc2ccc(Cl)cc2)c1. The molecule has 0 saturated heterocycles. The number of carbonyl (C=O) groups excluding carboxylic acids is 2.